The van der Waals surface area contributed by atoms with Crippen LogP contribution in [0.3, 0.4) is 0 Å². The van der Waals surface area contributed by atoms with Gasteiger partial charge in [0.25, 0.3) is 5.69 Å². The number of halogens is 1. The van der Waals surface area contributed by atoms with Crippen molar-refractivity contribution in [2.75, 3.05) is 5.32 Å². The summed E-state index contributed by atoms with van der Waals surface area (Å²) in [6.07, 6.45) is 3.23. The first kappa shape index (κ1) is 18.1. The number of nitrogens with one attached hydrogen (secondary N) is 2. The highest BCUT2D eigenvalue weighted by Crippen LogP contribution is 2.23. The quantitative estimate of drug-likeness (QED) is 0.532. The molecule has 3 rings (SSSR count). The van der Waals surface area contributed by atoms with Crippen molar-refractivity contribution in [2.24, 2.45) is 7.05 Å². The Balaban J connectivity index is 1.85. The standard InChI is InChI=1S/C18H16FN5O3/c1-23-10-9-20-17(23)16(14-7-2-3-8-15(14)19)22-18(25)21-12-5-4-6-13(11-12)24(26)27/h2-11,16H,1H3,(H2,21,22,25). The Kier molecular flexibility index (Phi) is 5.11. The minimum absolute atomic E-state index is 0.150. The minimum atomic E-state index is -0.843. The summed E-state index contributed by atoms with van der Waals surface area (Å²) in [5.41, 5.74) is 0.345. The first-order chi connectivity index (χ1) is 13.0. The molecule has 0 spiro atoms. The monoisotopic (exact) mass is 369 g/mol. The maximum atomic E-state index is 14.3. The Morgan fingerprint density at radius 3 is 2.70 bits per heavy atom. The zero-order valence-electron chi connectivity index (χ0n) is 14.3. The van der Waals surface area contributed by atoms with Gasteiger partial charge in [0.1, 0.15) is 17.7 Å². The highest BCUT2D eigenvalue weighted by Gasteiger charge is 2.23. The van der Waals surface area contributed by atoms with Crippen LogP contribution in [0.15, 0.2) is 60.9 Å². The summed E-state index contributed by atoms with van der Waals surface area (Å²) >= 11 is 0. The number of nitrogens with zero attached hydrogens (tertiary/aromatic N) is 3. The number of nitro groups is 1. The number of rotatable bonds is 5. The molecule has 1 unspecified atom stereocenters. The molecule has 27 heavy (non-hydrogen) atoms. The number of non-ortho nitro benzene ring substituents is 1. The molecular weight excluding hydrogens is 353 g/mol. The van der Waals surface area contributed by atoms with Crippen LogP contribution in [0.4, 0.5) is 20.6 Å². The van der Waals surface area contributed by atoms with Gasteiger partial charge >= 0.3 is 6.03 Å². The first-order valence-corrected chi connectivity index (χ1v) is 7.99. The number of carbonyl (C=O) groups is 1. The lowest BCUT2D eigenvalue weighted by molar-refractivity contribution is -0.384. The summed E-state index contributed by atoms with van der Waals surface area (Å²) in [7, 11) is 1.73. The molecule has 1 heterocycles. The van der Waals surface area contributed by atoms with E-state index in [1.54, 1.807) is 42.2 Å². The van der Waals surface area contributed by atoms with Gasteiger partial charge in [0.2, 0.25) is 0 Å². The number of imidazole rings is 1. The zero-order valence-corrected chi connectivity index (χ0v) is 14.3. The minimum Gasteiger partial charge on any atom is -0.336 e. The summed E-state index contributed by atoms with van der Waals surface area (Å²) in [5.74, 6) is -0.0459. The van der Waals surface area contributed by atoms with Crippen molar-refractivity contribution in [3.05, 3.63) is 88.2 Å². The van der Waals surface area contributed by atoms with Crippen LogP contribution in [0.25, 0.3) is 0 Å². The third-order valence-corrected chi connectivity index (χ3v) is 3.92. The van der Waals surface area contributed by atoms with Gasteiger partial charge in [0.05, 0.1) is 4.92 Å². The fraction of sp³-hybridized carbons (Fsp3) is 0.111. The number of anilines is 1. The van der Waals surface area contributed by atoms with E-state index in [-0.39, 0.29) is 16.9 Å². The van der Waals surface area contributed by atoms with E-state index in [0.29, 0.717) is 5.82 Å². The molecule has 138 valence electrons. The molecule has 2 N–H and O–H groups in total. The molecule has 0 aliphatic rings. The van der Waals surface area contributed by atoms with Crippen molar-refractivity contribution in [3.63, 3.8) is 0 Å². The van der Waals surface area contributed by atoms with Crippen LogP contribution in [0.5, 0.6) is 0 Å². The van der Waals surface area contributed by atoms with E-state index in [1.165, 1.54) is 30.3 Å². The summed E-state index contributed by atoms with van der Waals surface area (Å²) in [5, 5.41) is 16.1. The van der Waals surface area contributed by atoms with Gasteiger partial charge < -0.3 is 15.2 Å². The number of amides is 2. The van der Waals surface area contributed by atoms with Crippen LogP contribution in [-0.2, 0) is 7.05 Å². The van der Waals surface area contributed by atoms with Gasteiger partial charge in [-0.1, -0.05) is 24.3 Å². The lowest BCUT2D eigenvalue weighted by Gasteiger charge is -2.20. The molecule has 0 aliphatic heterocycles. The Hall–Kier alpha value is -3.75. The van der Waals surface area contributed by atoms with Crippen molar-refractivity contribution in [1.29, 1.82) is 0 Å². The van der Waals surface area contributed by atoms with Crippen LogP contribution >= 0.6 is 0 Å². The van der Waals surface area contributed by atoms with E-state index < -0.39 is 22.8 Å². The molecule has 9 heteroatoms. The van der Waals surface area contributed by atoms with E-state index in [4.69, 9.17) is 0 Å². The SMILES string of the molecule is Cn1ccnc1C(NC(=O)Nc1cccc([N+](=O)[O-])c1)c1ccccc1F. The summed E-state index contributed by atoms with van der Waals surface area (Å²) in [6.45, 7) is 0. The predicted molar refractivity (Wildman–Crippen MR) is 96.7 cm³/mol. The Labute approximate surface area is 153 Å². The van der Waals surface area contributed by atoms with Gasteiger partial charge in [0, 0.05) is 42.8 Å². The van der Waals surface area contributed by atoms with Crippen LogP contribution in [0, 0.1) is 15.9 Å². The third-order valence-electron chi connectivity index (χ3n) is 3.92. The van der Waals surface area contributed by atoms with Crippen LogP contribution in [0.2, 0.25) is 0 Å². The lowest BCUT2D eigenvalue weighted by atomic mass is 10.1. The van der Waals surface area contributed by atoms with E-state index in [2.05, 4.69) is 15.6 Å². The second-order valence-electron chi connectivity index (χ2n) is 5.76. The first-order valence-electron chi connectivity index (χ1n) is 7.99. The molecule has 2 amide bonds. The number of aryl methyl sites for hydroxylation is 1. The van der Waals surface area contributed by atoms with Crippen LogP contribution in [0.1, 0.15) is 17.4 Å². The van der Waals surface area contributed by atoms with Crippen molar-refractivity contribution < 1.29 is 14.1 Å². The molecular formula is C18H16FN5O3. The lowest BCUT2D eigenvalue weighted by Crippen LogP contribution is -2.35. The maximum Gasteiger partial charge on any atom is 0.320 e. The molecule has 0 bridgehead atoms. The number of benzene rings is 2. The van der Waals surface area contributed by atoms with Gasteiger partial charge in [-0.15, -0.1) is 0 Å². The van der Waals surface area contributed by atoms with Gasteiger partial charge in [-0.2, -0.15) is 0 Å². The average molecular weight is 369 g/mol. The summed E-state index contributed by atoms with van der Waals surface area (Å²) in [6, 6.07) is 10.1. The molecule has 0 fully saturated rings. The molecule has 8 nitrogen and oxygen atoms in total. The van der Waals surface area contributed by atoms with Crippen molar-refractivity contribution >= 4 is 17.4 Å². The topological polar surface area (TPSA) is 102 Å². The second kappa shape index (κ2) is 7.65. The van der Waals surface area contributed by atoms with Gasteiger partial charge in [-0.25, -0.2) is 14.2 Å². The average Bonchev–Trinajstić information content (AvgIpc) is 3.06. The largest absolute Gasteiger partial charge is 0.336 e. The summed E-state index contributed by atoms with van der Waals surface area (Å²) < 4.78 is 16.0. The molecule has 1 atom stereocenters. The highest BCUT2D eigenvalue weighted by atomic mass is 19.1. The zero-order chi connectivity index (χ0) is 19.4. The van der Waals surface area contributed by atoms with Crippen LogP contribution in [-0.4, -0.2) is 20.5 Å². The number of hydrogen-bond acceptors (Lipinski definition) is 4. The van der Waals surface area contributed by atoms with Crippen LogP contribution < -0.4 is 10.6 Å². The molecule has 0 radical (unpaired) electrons. The molecule has 1 aromatic heterocycles. The Morgan fingerprint density at radius 1 is 1.26 bits per heavy atom. The summed E-state index contributed by atoms with van der Waals surface area (Å²) in [4.78, 5) is 26.9. The molecule has 2 aromatic carbocycles. The molecule has 0 saturated heterocycles. The van der Waals surface area contributed by atoms with Gasteiger partial charge in [-0.3, -0.25) is 10.1 Å². The fourth-order valence-electron chi connectivity index (χ4n) is 2.64. The highest BCUT2D eigenvalue weighted by molar-refractivity contribution is 5.90. The maximum absolute atomic E-state index is 14.3. The normalized spacial score (nSPS) is 11.6. The second-order valence-corrected chi connectivity index (χ2v) is 5.76. The van der Waals surface area contributed by atoms with Gasteiger partial charge in [0.15, 0.2) is 0 Å². The van der Waals surface area contributed by atoms with E-state index >= 15 is 0 Å². The number of aromatic nitrogens is 2. The molecule has 3 aromatic rings. The van der Waals surface area contributed by atoms with E-state index in [1.807, 2.05) is 0 Å². The predicted octanol–water partition coefficient (Wildman–Crippen LogP) is 3.38. The number of nitro benzene ring substituents is 1. The smallest absolute Gasteiger partial charge is 0.320 e. The van der Waals surface area contributed by atoms with Crippen molar-refractivity contribution in [3.8, 4) is 0 Å². The number of hydrogen-bond donors (Lipinski definition) is 2. The molecule has 0 saturated carbocycles. The van der Waals surface area contributed by atoms with Gasteiger partial charge in [-0.05, 0) is 12.1 Å². The number of urea groups is 1. The Morgan fingerprint density at radius 2 is 2.04 bits per heavy atom. The van der Waals surface area contributed by atoms with Crippen molar-refractivity contribution in [2.45, 2.75) is 6.04 Å². The molecule has 0 aliphatic carbocycles. The van der Waals surface area contributed by atoms with Crippen molar-refractivity contribution in [1.82, 2.24) is 14.9 Å². The van der Waals surface area contributed by atoms with E-state index in [0.717, 1.165) is 0 Å². The van der Waals surface area contributed by atoms with E-state index in [9.17, 15) is 19.3 Å². The Bertz CT molecular complexity index is 988. The fourth-order valence-corrected chi connectivity index (χ4v) is 2.64. The third kappa shape index (κ3) is 4.09. The number of carbonyl (C=O) groups excluding carboxylic acids is 1.